The summed E-state index contributed by atoms with van der Waals surface area (Å²) >= 11 is 29.1. The zero-order chi connectivity index (χ0) is 43.2. The summed E-state index contributed by atoms with van der Waals surface area (Å²) in [6.45, 7) is 8.47. The second-order valence-corrected chi connectivity index (χ2v) is 20.1. The molecule has 0 spiro atoms. The van der Waals surface area contributed by atoms with E-state index in [-0.39, 0.29) is 42.3 Å². The molecule has 0 bridgehead atoms. The van der Waals surface area contributed by atoms with Gasteiger partial charge in [-0.2, -0.15) is 0 Å². The molecule has 11 rings (SSSR count). The molecule has 7 aromatic rings. The molecule has 0 N–H and O–H groups in total. The third kappa shape index (κ3) is 5.68. The van der Waals surface area contributed by atoms with Gasteiger partial charge in [0, 0.05) is 63.2 Å². The van der Waals surface area contributed by atoms with E-state index in [2.05, 4.69) is 26.0 Å². The van der Waals surface area contributed by atoms with Crippen LogP contribution in [0.3, 0.4) is 0 Å². The number of carbonyl (C=O) groups excluding carboxylic acids is 4. The predicted octanol–water partition coefficient (Wildman–Crippen LogP) is 15.2. The van der Waals surface area contributed by atoms with Crippen LogP contribution in [0.2, 0.25) is 20.1 Å². The SMILES string of the molecule is Cc1cc([C@H]2CC[C@H](C)CC2)ccc1N1C(=O)c2cc(Cl)c3c4c(Cl)cc5c6c(cc(Cl)c(c7c(Cl)cc(c2c37)C1=O)c64)C(=O)N(c1ccc([C@H]2CC[C@H](C)CC2)cc1C)C5=O. The average molecular weight is 901 g/mol. The molecule has 2 aliphatic heterocycles. The maximum absolute atomic E-state index is 14.7. The molecule has 2 fully saturated rings. The highest BCUT2D eigenvalue weighted by atomic mass is 35.5. The molecule has 4 amide bonds. The van der Waals surface area contributed by atoms with E-state index in [0.717, 1.165) is 48.6 Å². The molecule has 312 valence electrons. The zero-order valence-corrected chi connectivity index (χ0v) is 37.8. The number of halogens is 4. The summed E-state index contributed by atoms with van der Waals surface area (Å²) in [4.78, 5) is 61.2. The summed E-state index contributed by atoms with van der Waals surface area (Å²) in [5.41, 5.74) is 6.07. The fourth-order valence-corrected chi connectivity index (χ4v) is 12.6. The Hall–Kier alpha value is -4.72. The van der Waals surface area contributed by atoms with Gasteiger partial charge in [0.2, 0.25) is 0 Å². The maximum Gasteiger partial charge on any atom is 0.266 e. The van der Waals surface area contributed by atoms with Crippen LogP contribution in [0, 0.1) is 25.7 Å². The van der Waals surface area contributed by atoms with Crippen LogP contribution >= 0.6 is 46.4 Å². The Morgan fingerprint density at radius 3 is 0.968 bits per heavy atom. The number of amides is 4. The highest BCUT2D eigenvalue weighted by Crippen LogP contribution is 2.54. The largest absolute Gasteiger partial charge is 0.268 e. The van der Waals surface area contributed by atoms with E-state index < -0.39 is 23.6 Å². The molecule has 4 aliphatic rings. The molecule has 10 heteroatoms. The summed E-state index contributed by atoms with van der Waals surface area (Å²) in [6, 6.07) is 18.4. The van der Waals surface area contributed by atoms with Gasteiger partial charge in [0.25, 0.3) is 23.6 Å². The van der Waals surface area contributed by atoms with E-state index >= 15 is 0 Å². The van der Waals surface area contributed by atoms with E-state index in [1.165, 1.54) is 46.6 Å². The second kappa shape index (κ2) is 14.4. The minimum absolute atomic E-state index is 0.200. The Morgan fingerprint density at radius 2 is 0.694 bits per heavy atom. The standard InChI is InChI=1S/C52H42Cl4N2O4/c1-23-5-9-27(10-6-23)29-13-15-39(25(3)17-29)57-49(59)31-19-35(53)43-45-37(55)21-33-42-34(22-38(56)46(48(42)45)44-36(54)20-32(50(57)60)41(31)47(43)44)52(62)58(51(33)61)40-16-14-30(18-26(40)4)28-11-7-24(2)8-12-28/h13-24,27-28H,5-12H2,1-4H3/t23-,24-,27-,28-. The van der Waals surface area contributed by atoms with E-state index in [1.807, 2.05) is 38.1 Å². The molecule has 0 unspecified atom stereocenters. The number of hydrogen-bond donors (Lipinski definition) is 0. The first-order chi connectivity index (χ1) is 29.7. The minimum atomic E-state index is -0.507. The Bertz CT molecular complexity index is 2850. The molecule has 0 radical (unpaired) electrons. The van der Waals surface area contributed by atoms with Gasteiger partial charge in [0.15, 0.2) is 0 Å². The first kappa shape index (κ1) is 40.1. The number of nitrogens with zero attached hydrogens (tertiary/aromatic N) is 2. The van der Waals surface area contributed by atoms with Crippen LogP contribution in [0.1, 0.15) is 141 Å². The van der Waals surface area contributed by atoms with Crippen molar-refractivity contribution >= 4 is 124 Å². The van der Waals surface area contributed by atoms with Crippen LogP contribution < -0.4 is 9.80 Å². The lowest BCUT2D eigenvalue weighted by atomic mass is 9.79. The van der Waals surface area contributed by atoms with Crippen molar-refractivity contribution in [2.24, 2.45) is 11.8 Å². The van der Waals surface area contributed by atoms with E-state index in [4.69, 9.17) is 46.4 Å². The molecule has 2 aliphatic carbocycles. The highest BCUT2D eigenvalue weighted by molar-refractivity contribution is 6.57. The van der Waals surface area contributed by atoms with Gasteiger partial charge in [0.1, 0.15) is 0 Å². The Morgan fingerprint density at radius 1 is 0.403 bits per heavy atom. The molecule has 2 heterocycles. The maximum atomic E-state index is 14.7. The van der Waals surface area contributed by atoms with Gasteiger partial charge in [-0.3, -0.25) is 19.2 Å². The zero-order valence-electron chi connectivity index (χ0n) is 34.8. The number of fused-ring (bicyclic) bond motifs is 2. The highest BCUT2D eigenvalue weighted by Gasteiger charge is 2.41. The molecule has 6 nitrogen and oxygen atoms in total. The van der Waals surface area contributed by atoms with Crippen molar-refractivity contribution < 1.29 is 19.2 Å². The molecular formula is C52H42Cl4N2O4. The normalized spacial score (nSPS) is 21.7. The molecule has 62 heavy (non-hydrogen) atoms. The summed E-state index contributed by atoms with van der Waals surface area (Å²) in [6.07, 6.45) is 9.19. The van der Waals surface area contributed by atoms with Crippen LogP contribution in [-0.4, -0.2) is 23.6 Å². The lowest BCUT2D eigenvalue weighted by molar-refractivity contribution is 0.0877. The van der Waals surface area contributed by atoms with Gasteiger partial charge in [-0.25, -0.2) is 9.80 Å². The van der Waals surface area contributed by atoms with Crippen LogP contribution in [0.25, 0.3) is 43.1 Å². The average Bonchev–Trinajstić information content (AvgIpc) is 3.24. The number of hydrogen-bond acceptors (Lipinski definition) is 4. The predicted molar refractivity (Wildman–Crippen MR) is 253 cm³/mol. The lowest BCUT2D eigenvalue weighted by Crippen LogP contribution is -2.41. The summed E-state index contributed by atoms with van der Waals surface area (Å²) < 4.78 is 0. The quantitative estimate of drug-likeness (QED) is 0.100. The number of aryl methyl sites for hydroxylation is 2. The fraction of sp³-hybridized carbons (Fsp3) is 0.308. The topological polar surface area (TPSA) is 74.8 Å². The smallest absolute Gasteiger partial charge is 0.266 e. The number of carbonyl (C=O) groups is 4. The van der Waals surface area contributed by atoms with Crippen molar-refractivity contribution in [3.8, 4) is 0 Å². The van der Waals surface area contributed by atoms with Crippen LogP contribution in [0.5, 0.6) is 0 Å². The molecule has 2 saturated carbocycles. The second-order valence-electron chi connectivity index (χ2n) is 18.5. The van der Waals surface area contributed by atoms with E-state index in [0.29, 0.717) is 66.3 Å². The lowest BCUT2D eigenvalue weighted by Gasteiger charge is -2.32. The molecule has 7 aromatic carbocycles. The number of benzene rings is 7. The van der Waals surface area contributed by atoms with Crippen molar-refractivity contribution in [2.75, 3.05) is 9.80 Å². The molecular weight excluding hydrogens is 858 g/mol. The molecule has 0 atom stereocenters. The fourth-order valence-electron chi connectivity index (χ4n) is 11.5. The minimum Gasteiger partial charge on any atom is -0.268 e. The third-order valence-corrected chi connectivity index (χ3v) is 15.9. The van der Waals surface area contributed by atoms with E-state index in [1.54, 1.807) is 24.3 Å². The number of imide groups is 2. The summed E-state index contributed by atoms with van der Waals surface area (Å²) in [5.74, 6) is 0.306. The third-order valence-electron chi connectivity index (χ3n) is 14.7. The van der Waals surface area contributed by atoms with Crippen molar-refractivity contribution in [1.82, 2.24) is 0 Å². The van der Waals surface area contributed by atoms with Gasteiger partial charge < -0.3 is 0 Å². The van der Waals surface area contributed by atoms with Crippen molar-refractivity contribution in [3.63, 3.8) is 0 Å². The van der Waals surface area contributed by atoms with Crippen LogP contribution in [-0.2, 0) is 0 Å². The van der Waals surface area contributed by atoms with Crippen molar-refractivity contribution in [2.45, 2.75) is 90.9 Å². The molecule has 0 aromatic heterocycles. The Labute approximate surface area is 379 Å². The van der Waals surface area contributed by atoms with Gasteiger partial charge in [-0.1, -0.05) is 110 Å². The first-order valence-corrected chi connectivity index (χ1v) is 23.2. The Kier molecular flexibility index (Phi) is 9.31. The number of anilines is 2. The summed E-state index contributed by atoms with van der Waals surface area (Å²) in [7, 11) is 0. The monoisotopic (exact) mass is 898 g/mol. The first-order valence-electron chi connectivity index (χ1n) is 21.7. The molecule has 0 saturated heterocycles. The van der Waals surface area contributed by atoms with Crippen molar-refractivity contribution in [1.29, 1.82) is 0 Å². The van der Waals surface area contributed by atoms with Crippen molar-refractivity contribution in [3.05, 3.63) is 125 Å². The van der Waals surface area contributed by atoms with E-state index in [9.17, 15) is 19.2 Å². The van der Waals surface area contributed by atoms with Crippen LogP contribution in [0.15, 0.2) is 60.7 Å². The summed E-state index contributed by atoms with van der Waals surface area (Å²) in [5, 5.41) is 4.31. The van der Waals surface area contributed by atoms with Gasteiger partial charge in [-0.05, 0) is 122 Å². The van der Waals surface area contributed by atoms with Gasteiger partial charge in [0.05, 0.1) is 33.6 Å². The van der Waals surface area contributed by atoms with Crippen LogP contribution in [0.4, 0.5) is 11.4 Å². The number of rotatable bonds is 4. The van der Waals surface area contributed by atoms with Gasteiger partial charge in [-0.15, -0.1) is 0 Å². The Balaban J connectivity index is 1.07. The van der Waals surface area contributed by atoms with Gasteiger partial charge >= 0.3 is 0 Å².